The quantitative estimate of drug-likeness (QED) is 0.573. The van der Waals surface area contributed by atoms with E-state index in [0.717, 1.165) is 12.1 Å². The zero-order valence-corrected chi connectivity index (χ0v) is 8.10. The van der Waals surface area contributed by atoms with E-state index < -0.39 is 11.6 Å². The van der Waals surface area contributed by atoms with Crippen LogP contribution in [-0.4, -0.2) is 0 Å². The van der Waals surface area contributed by atoms with E-state index in [1.807, 2.05) is 22.6 Å². The summed E-state index contributed by atoms with van der Waals surface area (Å²) in [6.45, 7) is 0. The molecule has 0 unspecified atom stereocenters. The Hall–Kier alpha value is -0.700. The van der Waals surface area contributed by atoms with E-state index in [0.29, 0.717) is 0 Å². The second-order valence-electron chi connectivity index (χ2n) is 2.16. The summed E-state index contributed by atoms with van der Waals surface area (Å²) in [5.41, 5.74) is 0.0354. The summed E-state index contributed by atoms with van der Waals surface area (Å²) in [5, 5.41) is 8.36. The van der Waals surface area contributed by atoms with E-state index in [4.69, 9.17) is 5.26 Å². The Morgan fingerprint density at radius 3 is 2.17 bits per heavy atom. The molecule has 0 fully saturated rings. The van der Waals surface area contributed by atoms with Crippen LogP contribution >= 0.6 is 22.6 Å². The average molecular weight is 279 g/mol. The van der Waals surface area contributed by atoms with Gasteiger partial charge < -0.3 is 0 Å². The summed E-state index contributed by atoms with van der Waals surface area (Å²) in [4.78, 5) is 0. The summed E-state index contributed by atoms with van der Waals surface area (Å²) in [6, 6.07) is 3.76. The van der Waals surface area contributed by atoms with Crippen LogP contribution in [0.3, 0.4) is 0 Å². The standard InChI is InChI=1S/C8H4F2IN/c9-7-1-5(4-12)2-8(10)6(7)3-11/h1-2H,3H2. The van der Waals surface area contributed by atoms with Crippen LogP contribution in [0.5, 0.6) is 0 Å². The number of nitrogens with zero attached hydrogens (tertiary/aromatic N) is 1. The second-order valence-corrected chi connectivity index (χ2v) is 2.93. The van der Waals surface area contributed by atoms with Gasteiger partial charge in [0, 0.05) is 9.99 Å². The Balaban J connectivity index is 3.30. The lowest BCUT2D eigenvalue weighted by Gasteiger charge is -2.00. The van der Waals surface area contributed by atoms with Crippen molar-refractivity contribution in [2.75, 3.05) is 0 Å². The van der Waals surface area contributed by atoms with E-state index in [2.05, 4.69) is 0 Å². The van der Waals surface area contributed by atoms with Gasteiger partial charge in [-0.2, -0.15) is 5.26 Å². The number of rotatable bonds is 1. The summed E-state index contributed by atoms with van der Waals surface area (Å²) >= 11 is 1.87. The largest absolute Gasteiger partial charge is 0.207 e. The van der Waals surface area contributed by atoms with Gasteiger partial charge >= 0.3 is 0 Å². The third kappa shape index (κ3) is 1.72. The zero-order chi connectivity index (χ0) is 9.14. The normalized spacial score (nSPS) is 9.50. The minimum Gasteiger partial charge on any atom is -0.207 e. The second kappa shape index (κ2) is 3.81. The number of hydrogen-bond donors (Lipinski definition) is 0. The molecule has 0 amide bonds. The molecule has 0 heterocycles. The molecule has 62 valence electrons. The highest BCUT2D eigenvalue weighted by Gasteiger charge is 2.08. The highest BCUT2D eigenvalue weighted by molar-refractivity contribution is 14.1. The van der Waals surface area contributed by atoms with Crippen LogP contribution in [0.4, 0.5) is 8.78 Å². The monoisotopic (exact) mass is 279 g/mol. The molecule has 1 rings (SSSR count). The summed E-state index contributed by atoms with van der Waals surface area (Å²) in [7, 11) is 0. The van der Waals surface area contributed by atoms with Gasteiger partial charge in [0.2, 0.25) is 0 Å². The van der Waals surface area contributed by atoms with Crippen molar-refractivity contribution in [2.24, 2.45) is 0 Å². The molecule has 0 saturated carbocycles. The van der Waals surface area contributed by atoms with Crippen LogP contribution in [0.1, 0.15) is 11.1 Å². The predicted octanol–water partition coefficient (Wildman–Crippen LogP) is 2.77. The summed E-state index contributed by atoms with van der Waals surface area (Å²) in [5.74, 6) is -1.30. The lowest BCUT2D eigenvalue weighted by atomic mass is 10.1. The van der Waals surface area contributed by atoms with Crippen LogP contribution in [0.15, 0.2) is 12.1 Å². The molecule has 0 aliphatic heterocycles. The summed E-state index contributed by atoms with van der Waals surface area (Å²) in [6.07, 6.45) is 0. The molecule has 1 aromatic rings. The number of halogens is 3. The van der Waals surface area contributed by atoms with Crippen molar-refractivity contribution in [2.45, 2.75) is 4.43 Å². The topological polar surface area (TPSA) is 23.8 Å². The van der Waals surface area contributed by atoms with Crippen molar-refractivity contribution < 1.29 is 8.78 Å². The number of alkyl halides is 1. The Morgan fingerprint density at radius 2 is 1.83 bits per heavy atom. The molecular formula is C8H4F2IN. The van der Waals surface area contributed by atoms with Crippen molar-refractivity contribution >= 4 is 22.6 Å². The maximum Gasteiger partial charge on any atom is 0.131 e. The van der Waals surface area contributed by atoms with Crippen molar-refractivity contribution in [1.29, 1.82) is 5.26 Å². The van der Waals surface area contributed by atoms with Crippen molar-refractivity contribution in [3.63, 3.8) is 0 Å². The fraction of sp³-hybridized carbons (Fsp3) is 0.125. The fourth-order valence-electron chi connectivity index (χ4n) is 0.795. The van der Waals surface area contributed by atoms with E-state index >= 15 is 0 Å². The first-order valence-electron chi connectivity index (χ1n) is 3.13. The van der Waals surface area contributed by atoms with Gasteiger partial charge in [0.1, 0.15) is 11.6 Å². The minimum atomic E-state index is -0.652. The Labute approximate surface area is 82.1 Å². The third-order valence-corrected chi connectivity index (χ3v) is 2.17. The van der Waals surface area contributed by atoms with E-state index in [1.165, 1.54) is 0 Å². The molecular weight excluding hydrogens is 275 g/mol. The van der Waals surface area contributed by atoms with Crippen LogP contribution < -0.4 is 0 Å². The van der Waals surface area contributed by atoms with Gasteiger partial charge in [0.05, 0.1) is 11.6 Å². The molecule has 0 bridgehead atoms. The highest BCUT2D eigenvalue weighted by atomic mass is 127. The van der Waals surface area contributed by atoms with Crippen LogP contribution in [0.2, 0.25) is 0 Å². The van der Waals surface area contributed by atoms with Gasteiger partial charge in [-0.05, 0) is 12.1 Å². The number of hydrogen-bond acceptors (Lipinski definition) is 1. The van der Waals surface area contributed by atoms with E-state index in [1.54, 1.807) is 6.07 Å². The Bertz CT molecular complexity index is 320. The molecule has 0 aliphatic carbocycles. The van der Waals surface area contributed by atoms with Gasteiger partial charge in [-0.3, -0.25) is 0 Å². The van der Waals surface area contributed by atoms with Crippen molar-refractivity contribution in [3.05, 3.63) is 34.9 Å². The molecule has 1 aromatic carbocycles. The molecule has 12 heavy (non-hydrogen) atoms. The third-order valence-electron chi connectivity index (χ3n) is 1.40. The first-order chi connectivity index (χ1) is 5.69. The SMILES string of the molecule is N#Cc1cc(F)c(CI)c(F)c1. The van der Waals surface area contributed by atoms with Crippen LogP contribution in [0, 0.1) is 23.0 Å². The zero-order valence-electron chi connectivity index (χ0n) is 5.94. The Morgan fingerprint density at radius 1 is 1.33 bits per heavy atom. The van der Waals surface area contributed by atoms with Crippen molar-refractivity contribution in [1.82, 2.24) is 0 Å². The molecule has 0 aliphatic rings. The average Bonchev–Trinajstić information content (AvgIpc) is 2.03. The Kier molecular flexibility index (Phi) is 2.98. The maximum absolute atomic E-state index is 12.9. The molecule has 0 aromatic heterocycles. The molecule has 1 nitrogen and oxygen atoms in total. The van der Waals surface area contributed by atoms with Crippen molar-refractivity contribution in [3.8, 4) is 6.07 Å². The molecule has 0 radical (unpaired) electrons. The molecule has 0 saturated heterocycles. The van der Waals surface area contributed by atoms with E-state index in [9.17, 15) is 8.78 Å². The molecule has 4 heteroatoms. The van der Waals surface area contributed by atoms with Crippen LogP contribution in [-0.2, 0) is 4.43 Å². The van der Waals surface area contributed by atoms with Gasteiger partial charge in [0.15, 0.2) is 0 Å². The van der Waals surface area contributed by atoms with E-state index in [-0.39, 0.29) is 15.6 Å². The van der Waals surface area contributed by atoms with Gasteiger partial charge in [-0.1, -0.05) is 22.6 Å². The molecule has 0 atom stereocenters. The highest BCUT2D eigenvalue weighted by Crippen LogP contribution is 2.17. The van der Waals surface area contributed by atoms with Crippen LogP contribution in [0.25, 0.3) is 0 Å². The first kappa shape index (κ1) is 9.39. The summed E-state index contributed by atoms with van der Waals surface area (Å²) < 4.78 is 26.1. The smallest absolute Gasteiger partial charge is 0.131 e. The molecule has 0 spiro atoms. The maximum atomic E-state index is 12.9. The van der Waals surface area contributed by atoms with Gasteiger partial charge in [-0.15, -0.1) is 0 Å². The first-order valence-corrected chi connectivity index (χ1v) is 4.65. The lowest BCUT2D eigenvalue weighted by molar-refractivity contribution is 0.566. The minimum absolute atomic E-state index is 0.0126. The molecule has 0 N–H and O–H groups in total. The number of benzene rings is 1. The van der Waals surface area contributed by atoms with Gasteiger partial charge in [0.25, 0.3) is 0 Å². The predicted molar refractivity (Wildman–Crippen MR) is 48.8 cm³/mol. The fourth-order valence-corrected chi connectivity index (χ4v) is 1.52. The number of nitriles is 1. The van der Waals surface area contributed by atoms with Gasteiger partial charge in [-0.25, -0.2) is 8.78 Å². The lowest BCUT2D eigenvalue weighted by Crippen LogP contribution is -1.93.